The molecule has 2 heterocycles. The number of pyridine rings is 1. The predicted octanol–water partition coefficient (Wildman–Crippen LogP) is 2.13. The highest BCUT2D eigenvalue weighted by Gasteiger charge is 2.35. The summed E-state index contributed by atoms with van der Waals surface area (Å²) in [5.41, 5.74) is 7.55. The molecule has 1 amide bonds. The molecule has 7 nitrogen and oxygen atoms in total. The standard InChI is InChI=1S/C19H22N6O/c1-13-17(18(26)22-19(12-20)8-2-3-9-19)23-24-25(13)16-6-4-5-14-11-21-10-7-15(14)16/h4-7,10-11H,2-3,8-9,12,20H2,1H3,(H,22,26). The molecule has 1 aromatic carbocycles. The molecule has 0 saturated heterocycles. The number of carbonyl (C=O) groups excluding carboxylic acids is 1. The van der Waals surface area contributed by atoms with Crippen molar-refractivity contribution < 1.29 is 4.79 Å². The van der Waals surface area contributed by atoms with E-state index < -0.39 is 0 Å². The molecular weight excluding hydrogens is 328 g/mol. The largest absolute Gasteiger partial charge is 0.344 e. The quantitative estimate of drug-likeness (QED) is 0.751. The van der Waals surface area contributed by atoms with Crippen LogP contribution >= 0.6 is 0 Å². The van der Waals surface area contributed by atoms with E-state index in [1.165, 1.54) is 0 Å². The van der Waals surface area contributed by atoms with Crippen LogP contribution in [0.25, 0.3) is 16.5 Å². The lowest BCUT2D eigenvalue weighted by molar-refractivity contribution is 0.0897. The van der Waals surface area contributed by atoms with Crippen LogP contribution in [0.3, 0.4) is 0 Å². The third kappa shape index (κ3) is 2.74. The summed E-state index contributed by atoms with van der Waals surface area (Å²) in [6.45, 7) is 2.31. The number of rotatable bonds is 4. The van der Waals surface area contributed by atoms with E-state index in [1.807, 2.05) is 37.4 Å². The summed E-state index contributed by atoms with van der Waals surface area (Å²) in [6.07, 6.45) is 7.57. The second-order valence-corrected chi connectivity index (χ2v) is 6.95. The van der Waals surface area contributed by atoms with Crippen molar-refractivity contribution in [1.29, 1.82) is 0 Å². The van der Waals surface area contributed by atoms with Gasteiger partial charge in [0, 0.05) is 29.7 Å². The average molecular weight is 350 g/mol. The Morgan fingerprint density at radius 2 is 2.12 bits per heavy atom. The fourth-order valence-corrected chi connectivity index (χ4v) is 3.79. The first-order valence-corrected chi connectivity index (χ1v) is 8.91. The van der Waals surface area contributed by atoms with E-state index in [0.29, 0.717) is 17.9 Å². The summed E-state index contributed by atoms with van der Waals surface area (Å²) in [5.74, 6) is -0.206. The molecule has 134 valence electrons. The highest BCUT2D eigenvalue weighted by Crippen LogP contribution is 2.29. The maximum atomic E-state index is 12.8. The smallest absolute Gasteiger partial charge is 0.274 e. The third-order valence-corrected chi connectivity index (χ3v) is 5.33. The lowest BCUT2D eigenvalue weighted by Crippen LogP contribution is -2.51. The molecular formula is C19H22N6O. The summed E-state index contributed by atoms with van der Waals surface area (Å²) >= 11 is 0. The van der Waals surface area contributed by atoms with E-state index in [1.54, 1.807) is 10.9 Å². The highest BCUT2D eigenvalue weighted by molar-refractivity contribution is 5.94. The van der Waals surface area contributed by atoms with Crippen molar-refractivity contribution in [3.8, 4) is 5.69 Å². The lowest BCUT2D eigenvalue weighted by Gasteiger charge is -2.28. The van der Waals surface area contributed by atoms with Gasteiger partial charge in [0.2, 0.25) is 0 Å². The molecule has 0 aliphatic heterocycles. The maximum absolute atomic E-state index is 12.8. The van der Waals surface area contributed by atoms with Crippen LogP contribution in [0.4, 0.5) is 0 Å². The van der Waals surface area contributed by atoms with Crippen LogP contribution in [0.2, 0.25) is 0 Å². The topological polar surface area (TPSA) is 98.7 Å². The zero-order valence-corrected chi connectivity index (χ0v) is 14.8. The Labute approximate surface area is 151 Å². The van der Waals surface area contributed by atoms with Crippen molar-refractivity contribution in [2.24, 2.45) is 5.73 Å². The number of hydrogen-bond donors (Lipinski definition) is 2. The fourth-order valence-electron chi connectivity index (χ4n) is 3.79. The maximum Gasteiger partial charge on any atom is 0.274 e. The van der Waals surface area contributed by atoms with Gasteiger partial charge in [0.1, 0.15) is 0 Å². The third-order valence-electron chi connectivity index (χ3n) is 5.33. The normalized spacial score (nSPS) is 16.1. The van der Waals surface area contributed by atoms with Crippen LogP contribution < -0.4 is 11.1 Å². The van der Waals surface area contributed by atoms with Crippen LogP contribution in [0, 0.1) is 6.92 Å². The first kappa shape index (κ1) is 16.7. The Kier molecular flexibility index (Phi) is 4.16. The molecule has 7 heteroatoms. The number of amides is 1. The molecule has 0 radical (unpaired) electrons. The molecule has 26 heavy (non-hydrogen) atoms. The van der Waals surface area contributed by atoms with Crippen molar-refractivity contribution in [2.45, 2.75) is 38.1 Å². The van der Waals surface area contributed by atoms with Crippen molar-refractivity contribution in [3.63, 3.8) is 0 Å². The molecule has 3 N–H and O–H groups in total. The average Bonchev–Trinajstić information content (AvgIpc) is 3.28. The number of hydrogen-bond acceptors (Lipinski definition) is 5. The minimum absolute atomic E-state index is 0.206. The number of nitrogens with two attached hydrogens (primary N) is 1. The summed E-state index contributed by atoms with van der Waals surface area (Å²) in [6, 6.07) is 7.84. The molecule has 0 atom stereocenters. The van der Waals surface area contributed by atoms with Gasteiger partial charge < -0.3 is 11.1 Å². The number of nitrogens with one attached hydrogen (secondary N) is 1. The summed E-state index contributed by atoms with van der Waals surface area (Å²) in [7, 11) is 0. The van der Waals surface area contributed by atoms with Gasteiger partial charge >= 0.3 is 0 Å². The Balaban J connectivity index is 1.69. The van der Waals surface area contributed by atoms with Gasteiger partial charge in [-0.05, 0) is 31.9 Å². The summed E-state index contributed by atoms with van der Waals surface area (Å²) in [5, 5.41) is 13.5. The molecule has 4 rings (SSSR count). The van der Waals surface area contributed by atoms with E-state index in [-0.39, 0.29) is 11.4 Å². The Morgan fingerprint density at radius 1 is 1.31 bits per heavy atom. The molecule has 1 aliphatic rings. The molecule has 0 bridgehead atoms. The number of carbonyl (C=O) groups is 1. The van der Waals surface area contributed by atoms with Crippen molar-refractivity contribution in [1.82, 2.24) is 25.3 Å². The monoisotopic (exact) mass is 350 g/mol. The van der Waals surface area contributed by atoms with Crippen molar-refractivity contribution in [2.75, 3.05) is 6.54 Å². The Hall–Kier alpha value is -2.80. The van der Waals surface area contributed by atoms with Crippen LogP contribution in [0.5, 0.6) is 0 Å². The number of aromatic nitrogens is 4. The molecule has 1 saturated carbocycles. The number of fused-ring (bicyclic) bond motifs is 1. The second-order valence-electron chi connectivity index (χ2n) is 6.95. The van der Waals surface area contributed by atoms with E-state index in [0.717, 1.165) is 42.1 Å². The summed E-state index contributed by atoms with van der Waals surface area (Å²) < 4.78 is 1.71. The molecule has 0 unspecified atom stereocenters. The second kappa shape index (κ2) is 6.49. The van der Waals surface area contributed by atoms with Gasteiger partial charge in [-0.25, -0.2) is 4.68 Å². The first-order chi connectivity index (χ1) is 12.6. The van der Waals surface area contributed by atoms with Gasteiger partial charge in [-0.2, -0.15) is 0 Å². The van der Waals surface area contributed by atoms with Gasteiger partial charge in [-0.3, -0.25) is 9.78 Å². The minimum Gasteiger partial charge on any atom is -0.344 e. The molecule has 3 aromatic rings. The van der Waals surface area contributed by atoms with Gasteiger partial charge in [-0.1, -0.05) is 30.2 Å². The van der Waals surface area contributed by atoms with Crippen LogP contribution in [-0.2, 0) is 0 Å². The van der Waals surface area contributed by atoms with Gasteiger partial charge in [0.15, 0.2) is 5.69 Å². The fraction of sp³-hybridized carbons (Fsp3) is 0.368. The SMILES string of the molecule is Cc1c(C(=O)NC2(CN)CCCC2)nnn1-c1cccc2cnccc12. The van der Waals surface area contributed by atoms with Gasteiger partial charge in [-0.15, -0.1) is 5.10 Å². The molecule has 0 spiro atoms. The van der Waals surface area contributed by atoms with E-state index in [2.05, 4.69) is 20.6 Å². The zero-order valence-electron chi connectivity index (χ0n) is 14.8. The van der Waals surface area contributed by atoms with Gasteiger partial charge in [0.25, 0.3) is 5.91 Å². The van der Waals surface area contributed by atoms with Crippen molar-refractivity contribution in [3.05, 3.63) is 48.0 Å². The number of benzene rings is 1. The van der Waals surface area contributed by atoms with Crippen LogP contribution in [0.1, 0.15) is 41.9 Å². The minimum atomic E-state index is -0.307. The van der Waals surface area contributed by atoms with Crippen LogP contribution in [-0.4, -0.2) is 38.0 Å². The molecule has 2 aromatic heterocycles. The van der Waals surface area contributed by atoms with Crippen LogP contribution in [0.15, 0.2) is 36.7 Å². The Bertz CT molecular complexity index is 952. The zero-order chi connectivity index (χ0) is 18.1. The van der Waals surface area contributed by atoms with E-state index >= 15 is 0 Å². The van der Waals surface area contributed by atoms with E-state index in [9.17, 15) is 4.79 Å². The molecule has 1 aliphatic carbocycles. The number of nitrogens with zero attached hydrogens (tertiary/aromatic N) is 4. The Morgan fingerprint density at radius 3 is 2.88 bits per heavy atom. The van der Waals surface area contributed by atoms with E-state index in [4.69, 9.17) is 5.73 Å². The van der Waals surface area contributed by atoms with Crippen molar-refractivity contribution >= 4 is 16.7 Å². The predicted molar refractivity (Wildman–Crippen MR) is 99.1 cm³/mol. The lowest BCUT2D eigenvalue weighted by atomic mass is 9.97. The van der Waals surface area contributed by atoms with Gasteiger partial charge in [0.05, 0.1) is 16.9 Å². The highest BCUT2D eigenvalue weighted by atomic mass is 16.2. The summed E-state index contributed by atoms with van der Waals surface area (Å²) in [4.78, 5) is 17.0. The molecule has 1 fully saturated rings. The first-order valence-electron chi connectivity index (χ1n) is 8.91.